The predicted octanol–water partition coefficient (Wildman–Crippen LogP) is 3.81. The normalized spacial score (nSPS) is 24.7. The van der Waals surface area contributed by atoms with Crippen molar-refractivity contribution >= 4 is 17.5 Å². The first-order valence-electron chi connectivity index (χ1n) is 10.5. The van der Waals surface area contributed by atoms with E-state index in [2.05, 4.69) is 15.6 Å². The number of nitrogens with one attached hydrogen (secondary N) is 2. The molecule has 1 saturated carbocycles. The molecule has 7 heteroatoms. The number of carbonyl (C=O) groups excluding carboxylic acids is 1. The number of amides is 1. The van der Waals surface area contributed by atoms with Crippen molar-refractivity contribution in [3.8, 4) is 0 Å². The van der Waals surface area contributed by atoms with Crippen LogP contribution in [0.2, 0.25) is 5.02 Å². The number of nitrogens with zero attached hydrogens (tertiary/aromatic N) is 1. The molecule has 0 bridgehead atoms. The van der Waals surface area contributed by atoms with Crippen molar-refractivity contribution in [2.45, 2.75) is 63.3 Å². The van der Waals surface area contributed by atoms with Gasteiger partial charge in [0.1, 0.15) is 11.4 Å². The highest BCUT2D eigenvalue weighted by Gasteiger charge is 2.39. The van der Waals surface area contributed by atoms with Crippen LogP contribution in [0.25, 0.3) is 0 Å². The number of ether oxygens (including phenoxy) is 1. The predicted molar refractivity (Wildman–Crippen MR) is 108 cm³/mol. The van der Waals surface area contributed by atoms with Crippen molar-refractivity contribution < 1.29 is 13.9 Å². The van der Waals surface area contributed by atoms with Crippen LogP contribution in [-0.2, 0) is 9.53 Å². The molecule has 2 heterocycles. The summed E-state index contributed by atoms with van der Waals surface area (Å²) in [6, 6.07) is 1.36. The fraction of sp³-hybridized carbons (Fsp3) is 0.714. The van der Waals surface area contributed by atoms with Gasteiger partial charge in [-0.1, -0.05) is 11.6 Å². The summed E-state index contributed by atoms with van der Waals surface area (Å²) in [5, 5.41) is 6.97. The minimum absolute atomic E-state index is 0.0963. The number of hydrogen-bond donors (Lipinski definition) is 2. The molecule has 1 amide bonds. The molecule has 1 aliphatic carbocycles. The molecule has 156 valence electrons. The third-order valence-corrected chi connectivity index (χ3v) is 6.51. The molecule has 1 aromatic heterocycles. The summed E-state index contributed by atoms with van der Waals surface area (Å²) in [5.41, 5.74) is 0.342. The maximum absolute atomic E-state index is 13.2. The van der Waals surface area contributed by atoms with E-state index in [1.807, 2.05) is 6.92 Å². The van der Waals surface area contributed by atoms with Crippen molar-refractivity contribution in [1.82, 2.24) is 15.6 Å². The van der Waals surface area contributed by atoms with Crippen LogP contribution in [0.5, 0.6) is 0 Å². The Kier molecular flexibility index (Phi) is 7.66. The van der Waals surface area contributed by atoms with Gasteiger partial charge in [-0.3, -0.25) is 9.78 Å². The topological polar surface area (TPSA) is 63.2 Å². The van der Waals surface area contributed by atoms with Crippen LogP contribution in [-0.4, -0.2) is 42.7 Å². The van der Waals surface area contributed by atoms with Gasteiger partial charge >= 0.3 is 0 Å². The Bertz CT molecular complexity index is 659. The molecule has 0 atom stereocenters. The molecule has 0 spiro atoms. The molecule has 1 saturated heterocycles. The first kappa shape index (κ1) is 21.5. The van der Waals surface area contributed by atoms with Crippen LogP contribution >= 0.6 is 11.6 Å². The Labute approximate surface area is 171 Å². The van der Waals surface area contributed by atoms with Crippen LogP contribution in [0.15, 0.2) is 12.3 Å². The van der Waals surface area contributed by atoms with E-state index in [-0.39, 0.29) is 11.7 Å². The fourth-order valence-electron chi connectivity index (χ4n) is 4.50. The van der Waals surface area contributed by atoms with E-state index < -0.39 is 5.54 Å². The van der Waals surface area contributed by atoms with E-state index in [0.29, 0.717) is 36.6 Å². The molecule has 2 aliphatic rings. The summed E-state index contributed by atoms with van der Waals surface area (Å²) < 4.78 is 18.7. The van der Waals surface area contributed by atoms with Gasteiger partial charge in [-0.25, -0.2) is 4.39 Å². The third-order valence-electron chi connectivity index (χ3n) is 6.20. The summed E-state index contributed by atoms with van der Waals surface area (Å²) in [5.74, 6) is 0.658. The summed E-state index contributed by atoms with van der Waals surface area (Å²) in [4.78, 5) is 16.8. The summed E-state index contributed by atoms with van der Waals surface area (Å²) >= 11 is 6.18. The highest BCUT2D eigenvalue weighted by atomic mass is 35.5. The standard InChI is InChI=1S/C21H31ClFN3O2/c1-2-24-20(27)21(8-11-28-12-9-21)26-10-7-15-3-5-16(6-4-15)19-18(22)13-17(23)14-25-19/h13-16,26H,2-12H2,1H3,(H,24,27)/t15-,16-. The van der Waals surface area contributed by atoms with E-state index in [9.17, 15) is 9.18 Å². The molecular weight excluding hydrogens is 381 g/mol. The molecular formula is C21H31ClFN3O2. The quantitative estimate of drug-likeness (QED) is 0.716. The molecule has 2 N–H and O–H groups in total. The van der Waals surface area contributed by atoms with Crippen molar-refractivity contribution in [3.05, 3.63) is 28.8 Å². The number of rotatable bonds is 7. The van der Waals surface area contributed by atoms with Crippen LogP contribution in [0, 0.1) is 11.7 Å². The summed E-state index contributed by atoms with van der Waals surface area (Å²) in [7, 11) is 0. The smallest absolute Gasteiger partial charge is 0.240 e. The largest absolute Gasteiger partial charge is 0.381 e. The zero-order valence-corrected chi connectivity index (χ0v) is 17.4. The number of halogens is 2. The molecule has 28 heavy (non-hydrogen) atoms. The SMILES string of the molecule is CCNC(=O)C1(NCC[C@H]2CC[C@H](c3ncc(F)cc3Cl)CC2)CCOCC1. The number of pyridine rings is 1. The zero-order chi connectivity index (χ0) is 20.0. The van der Waals surface area contributed by atoms with Crippen molar-refractivity contribution in [2.24, 2.45) is 5.92 Å². The van der Waals surface area contributed by atoms with Crippen molar-refractivity contribution in [2.75, 3.05) is 26.3 Å². The lowest BCUT2D eigenvalue weighted by molar-refractivity contribution is -0.131. The summed E-state index contributed by atoms with van der Waals surface area (Å²) in [6.45, 7) is 4.68. The third kappa shape index (κ3) is 5.22. The number of carbonyl (C=O) groups is 1. The highest BCUT2D eigenvalue weighted by Crippen LogP contribution is 2.38. The second-order valence-corrected chi connectivity index (χ2v) is 8.41. The lowest BCUT2D eigenvalue weighted by Crippen LogP contribution is -2.60. The van der Waals surface area contributed by atoms with Gasteiger partial charge in [0.2, 0.25) is 5.91 Å². The Morgan fingerprint density at radius 2 is 2.04 bits per heavy atom. The van der Waals surface area contributed by atoms with Gasteiger partial charge in [-0.05, 0) is 70.4 Å². The van der Waals surface area contributed by atoms with Gasteiger partial charge < -0.3 is 15.4 Å². The molecule has 5 nitrogen and oxygen atoms in total. The summed E-state index contributed by atoms with van der Waals surface area (Å²) in [6.07, 6.45) is 8.03. The lowest BCUT2D eigenvalue weighted by Gasteiger charge is -2.37. The van der Waals surface area contributed by atoms with Crippen molar-refractivity contribution in [1.29, 1.82) is 0 Å². The van der Waals surface area contributed by atoms with Crippen LogP contribution in [0.4, 0.5) is 4.39 Å². The van der Waals surface area contributed by atoms with Crippen LogP contribution in [0.3, 0.4) is 0 Å². The van der Waals surface area contributed by atoms with Gasteiger partial charge in [0.25, 0.3) is 0 Å². The van der Waals surface area contributed by atoms with E-state index in [1.54, 1.807) is 0 Å². The van der Waals surface area contributed by atoms with E-state index in [4.69, 9.17) is 16.3 Å². The lowest BCUT2D eigenvalue weighted by atomic mass is 9.79. The fourth-order valence-corrected chi connectivity index (χ4v) is 4.81. The van der Waals surface area contributed by atoms with E-state index in [0.717, 1.165) is 57.2 Å². The average molecular weight is 412 g/mol. The number of hydrogen-bond acceptors (Lipinski definition) is 4. The molecule has 0 unspecified atom stereocenters. The molecule has 3 rings (SSSR count). The van der Waals surface area contributed by atoms with Gasteiger partial charge in [-0.2, -0.15) is 0 Å². The maximum atomic E-state index is 13.2. The van der Waals surface area contributed by atoms with Gasteiger partial charge in [0.05, 0.1) is 16.9 Å². The molecule has 0 radical (unpaired) electrons. The molecule has 1 aliphatic heterocycles. The Hall–Kier alpha value is -1.24. The van der Waals surface area contributed by atoms with E-state index >= 15 is 0 Å². The Morgan fingerprint density at radius 1 is 1.32 bits per heavy atom. The highest BCUT2D eigenvalue weighted by molar-refractivity contribution is 6.31. The van der Waals surface area contributed by atoms with Gasteiger partial charge in [0, 0.05) is 25.7 Å². The zero-order valence-electron chi connectivity index (χ0n) is 16.6. The second-order valence-electron chi connectivity index (χ2n) is 8.01. The Morgan fingerprint density at radius 3 is 2.68 bits per heavy atom. The minimum Gasteiger partial charge on any atom is -0.381 e. The van der Waals surface area contributed by atoms with Crippen LogP contribution < -0.4 is 10.6 Å². The average Bonchev–Trinajstić information content (AvgIpc) is 2.70. The van der Waals surface area contributed by atoms with Gasteiger partial charge in [-0.15, -0.1) is 0 Å². The molecule has 1 aromatic rings. The monoisotopic (exact) mass is 411 g/mol. The van der Waals surface area contributed by atoms with Crippen LogP contribution in [0.1, 0.15) is 63.5 Å². The number of aromatic nitrogens is 1. The minimum atomic E-state index is -0.489. The first-order chi connectivity index (χ1) is 13.5. The van der Waals surface area contributed by atoms with Gasteiger partial charge in [0.15, 0.2) is 0 Å². The second kappa shape index (κ2) is 9.99. The molecule has 0 aromatic carbocycles. The first-order valence-corrected chi connectivity index (χ1v) is 10.8. The maximum Gasteiger partial charge on any atom is 0.240 e. The number of likely N-dealkylation sites (N-methyl/N-ethyl adjacent to an activating group) is 1. The molecule has 2 fully saturated rings. The van der Waals surface area contributed by atoms with Crippen molar-refractivity contribution in [3.63, 3.8) is 0 Å². The Balaban J connectivity index is 1.47. The van der Waals surface area contributed by atoms with E-state index in [1.165, 1.54) is 12.3 Å².